The Morgan fingerprint density at radius 2 is 1.97 bits per heavy atom. The third-order valence-corrected chi connectivity index (χ3v) is 7.10. The van der Waals surface area contributed by atoms with Gasteiger partial charge in [0.1, 0.15) is 33.2 Å². The van der Waals surface area contributed by atoms with Gasteiger partial charge in [-0.2, -0.15) is 5.10 Å². The summed E-state index contributed by atoms with van der Waals surface area (Å²) in [5, 5.41) is 5.52. The highest BCUT2D eigenvalue weighted by Crippen LogP contribution is 2.57. The molecule has 2 unspecified atom stereocenters. The number of thioether (sulfide) groups is 1. The zero-order valence-electron chi connectivity index (χ0n) is 16.1. The lowest BCUT2D eigenvalue weighted by atomic mass is 9.76. The SMILES string of the molecule is CC(=O)N1N=C(c2cc(F)ccc2F)SC12c1cc(F)cc(F)c1CCC2CCN. The Labute approximate surface area is 175 Å². The van der Waals surface area contributed by atoms with Gasteiger partial charge < -0.3 is 5.73 Å². The van der Waals surface area contributed by atoms with E-state index in [-0.39, 0.29) is 28.6 Å². The van der Waals surface area contributed by atoms with E-state index in [0.29, 0.717) is 24.8 Å². The fourth-order valence-electron chi connectivity index (χ4n) is 4.33. The summed E-state index contributed by atoms with van der Waals surface area (Å²) in [7, 11) is 0. The number of carbonyl (C=O) groups is 1. The van der Waals surface area contributed by atoms with Gasteiger partial charge in [-0.3, -0.25) is 4.79 Å². The van der Waals surface area contributed by atoms with Crippen molar-refractivity contribution in [3.8, 4) is 0 Å². The van der Waals surface area contributed by atoms with Crippen molar-refractivity contribution >= 4 is 22.7 Å². The standard InChI is InChI=1S/C21H19F4N3OS/c1-11(29)28-21(30-20(27-28)16-8-13(22)3-5-18(16)24)12(6-7-26)2-4-15-17(21)9-14(23)10-19(15)25/h3,5,8-10,12H,2,4,6-7,26H2,1H3. The molecule has 0 fully saturated rings. The van der Waals surface area contributed by atoms with Gasteiger partial charge in [0, 0.05) is 18.6 Å². The smallest absolute Gasteiger partial charge is 0.241 e. The second-order valence-corrected chi connectivity index (χ2v) is 8.60. The number of hydrazone groups is 1. The Hall–Kier alpha value is -2.39. The maximum Gasteiger partial charge on any atom is 0.241 e. The normalized spacial score (nSPS) is 22.9. The number of amides is 1. The van der Waals surface area contributed by atoms with Crippen LogP contribution in [0.25, 0.3) is 0 Å². The van der Waals surface area contributed by atoms with E-state index in [0.717, 1.165) is 41.0 Å². The van der Waals surface area contributed by atoms with Crippen molar-refractivity contribution in [2.24, 2.45) is 16.8 Å². The van der Waals surface area contributed by atoms with Crippen molar-refractivity contribution in [3.63, 3.8) is 0 Å². The van der Waals surface area contributed by atoms with Gasteiger partial charge in [-0.15, -0.1) is 0 Å². The first kappa shape index (κ1) is 20.9. The van der Waals surface area contributed by atoms with Crippen LogP contribution >= 0.6 is 11.8 Å². The molecule has 0 radical (unpaired) electrons. The first-order valence-electron chi connectivity index (χ1n) is 9.50. The molecule has 2 atom stereocenters. The van der Waals surface area contributed by atoms with Crippen LogP contribution in [0.3, 0.4) is 0 Å². The molecule has 2 N–H and O–H groups in total. The molecule has 0 saturated carbocycles. The summed E-state index contributed by atoms with van der Waals surface area (Å²) in [6.45, 7) is 1.57. The number of carbonyl (C=O) groups excluding carboxylic acids is 1. The maximum absolute atomic E-state index is 14.6. The summed E-state index contributed by atoms with van der Waals surface area (Å²) in [5.74, 6) is -3.62. The number of hydrogen-bond donors (Lipinski definition) is 1. The van der Waals surface area contributed by atoms with Crippen LogP contribution in [0, 0.1) is 29.2 Å². The highest BCUT2D eigenvalue weighted by molar-refractivity contribution is 8.15. The number of benzene rings is 2. The summed E-state index contributed by atoms with van der Waals surface area (Å²) < 4.78 is 57.1. The quantitative estimate of drug-likeness (QED) is 0.730. The second-order valence-electron chi connectivity index (χ2n) is 7.39. The molecule has 0 aromatic heterocycles. The van der Waals surface area contributed by atoms with Gasteiger partial charge in [0.15, 0.2) is 0 Å². The molecule has 1 spiro atoms. The average molecular weight is 437 g/mol. The number of hydrogen-bond acceptors (Lipinski definition) is 4. The number of fused-ring (bicyclic) bond motifs is 2. The van der Waals surface area contributed by atoms with Crippen LogP contribution in [-0.4, -0.2) is 22.5 Å². The second kappa shape index (κ2) is 7.70. The van der Waals surface area contributed by atoms with Crippen molar-refractivity contribution in [3.05, 3.63) is 70.3 Å². The van der Waals surface area contributed by atoms with Crippen LogP contribution in [0.1, 0.15) is 36.5 Å². The number of rotatable bonds is 3. The molecular formula is C21H19F4N3OS. The summed E-state index contributed by atoms with van der Waals surface area (Å²) >= 11 is 1.01. The van der Waals surface area contributed by atoms with Crippen LogP contribution in [0.15, 0.2) is 35.4 Å². The maximum atomic E-state index is 14.6. The van der Waals surface area contributed by atoms with E-state index in [2.05, 4.69) is 5.10 Å². The summed E-state index contributed by atoms with van der Waals surface area (Å²) in [6, 6.07) is 4.95. The van der Waals surface area contributed by atoms with Crippen LogP contribution in [0.5, 0.6) is 0 Å². The Morgan fingerprint density at radius 3 is 2.67 bits per heavy atom. The lowest BCUT2D eigenvalue weighted by molar-refractivity contribution is -0.134. The molecule has 1 heterocycles. The molecule has 1 amide bonds. The van der Waals surface area contributed by atoms with Crippen molar-refractivity contribution in [2.45, 2.75) is 31.1 Å². The van der Waals surface area contributed by atoms with Gasteiger partial charge in [0.2, 0.25) is 5.91 Å². The van der Waals surface area contributed by atoms with E-state index in [1.54, 1.807) is 0 Å². The van der Waals surface area contributed by atoms with Gasteiger partial charge in [-0.1, -0.05) is 11.8 Å². The van der Waals surface area contributed by atoms with E-state index < -0.39 is 34.0 Å². The van der Waals surface area contributed by atoms with Crippen LogP contribution < -0.4 is 5.73 Å². The fourth-order valence-corrected chi connectivity index (χ4v) is 5.96. The minimum Gasteiger partial charge on any atom is -0.330 e. The minimum atomic E-state index is -1.30. The Balaban J connectivity index is 1.94. The topological polar surface area (TPSA) is 58.7 Å². The molecule has 9 heteroatoms. The average Bonchev–Trinajstić information content (AvgIpc) is 3.08. The molecule has 2 aliphatic rings. The van der Waals surface area contributed by atoms with E-state index in [1.165, 1.54) is 13.0 Å². The van der Waals surface area contributed by atoms with Crippen LogP contribution in [0.2, 0.25) is 0 Å². The molecule has 0 bridgehead atoms. The highest BCUT2D eigenvalue weighted by atomic mass is 32.2. The third-order valence-electron chi connectivity index (χ3n) is 5.57. The van der Waals surface area contributed by atoms with Gasteiger partial charge >= 0.3 is 0 Å². The molecule has 4 nitrogen and oxygen atoms in total. The molecule has 0 saturated heterocycles. The summed E-state index contributed by atoms with van der Waals surface area (Å²) in [4.78, 5) is 11.3. The largest absolute Gasteiger partial charge is 0.330 e. The Kier molecular flexibility index (Phi) is 5.36. The zero-order chi connectivity index (χ0) is 21.6. The molecule has 30 heavy (non-hydrogen) atoms. The molecule has 1 aliphatic heterocycles. The molecule has 1 aliphatic carbocycles. The first-order chi connectivity index (χ1) is 14.3. The summed E-state index contributed by atoms with van der Waals surface area (Å²) in [6.07, 6.45) is 1.30. The predicted octanol–water partition coefficient (Wildman–Crippen LogP) is 4.26. The van der Waals surface area contributed by atoms with Gasteiger partial charge in [0.05, 0.1) is 0 Å². The molecule has 2 aromatic carbocycles. The molecule has 4 rings (SSSR count). The Morgan fingerprint density at radius 1 is 1.20 bits per heavy atom. The number of nitrogens with zero attached hydrogens (tertiary/aromatic N) is 2. The zero-order valence-corrected chi connectivity index (χ0v) is 16.9. The predicted molar refractivity (Wildman–Crippen MR) is 107 cm³/mol. The molecular weight excluding hydrogens is 418 g/mol. The van der Waals surface area contributed by atoms with Crippen molar-refractivity contribution < 1.29 is 22.4 Å². The minimum absolute atomic E-state index is 0.0711. The van der Waals surface area contributed by atoms with Crippen LogP contribution in [0.4, 0.5) is 17.6 Å². The molecule has 158 valence electrons. The molecule has 2 aromatic rings. The van der Waals surface area contributed by atoms with Crippen molar-refractivity contribution in [1.82, 2.24) is 5.01 Å². The van der Waals surface area contributed by atoms with Crippen molar-refractivity contribution in [2.75, 3.05) is 6.54 Å². The lowest BCUT2D eigenvalue weighted by Crippen LogP contribution is -2.49. The van der Waals surface area contributed by atoms with Gasteiger partial charge in [0.25, 0.3) is 0 Å². The monoisotopic (exact) mass is 437 g/mol. The number of halogens is 4. The van der Waals surface area contributed by atoms with E-state index >= 15 is 0 Å². The van der Waals surface area contributed by atoms with Crippen LogP contribution in [-0.2, 0) is 16.1 Å². The number of nitrogens with two attached hydrogens (primary N) is 1. The first-order valence-corrected chi connectivity index (χ1v) is 10.3. The lowest BCUT2D eigenvalue weighted by Gasteiger charge is -2.45. The third kappa shape index (κ3) is 3.20. The van der Waals surface area contributed by atoms with E-state index in [4.69, 9.17) is 5.73 Å². The van der Waals surface area contributed by atoms with Crippen molar-refractivity contribution in [1.29, 1.82) is 0 Å². The summed E-state index contributed by atoms with van der Waals surface area (Å²) in [5.41, 5.74) is 6.25. The van der Waals surface area contributed by atoms with E-state index in [9.17, 15) is 22.4 Å². The fraction of sp³-hybridized carbons (Fsp3) is 0.333. The van der Waals surface area contributed by atoms with Gasteiger partial charge in [-0.05, 0) is 67.1 Å². The highest BCUT2D eigenvalue weighted by Gasteiger charge is 2.56. The van der Waals surface area contributed by atoms with E-state index in [1.807, 2.05) is 0 Å². The van der Waals surface area contributed by atoms with Gasteiger partial charge in [-0.25, -0.2) is 22.6 Å². The Bertz CT molecular complexity index is 1060.